The number of fused-ring (bicyclic) bond motifs is 1. The van der Waals surface area contributed by atoms with Gasteiger partial charge in [0.2, 0.25) is 21.8 Å². The maximum Gasteiger partial charge on any atom is 0.240 e. The fraction of sp³-hybridized carbons (Fsp3) is 0.391. The van der Waals surface area contributed by atoms with Gasteiger partial charge in [0.25, 0.3) is 0 Å². The number of aliphatic hydroxyl groups is 1. The van der Waals surface area contributed by atoms with E-state index < -0.39 is 10.0 Å². The smallest absolute Gasteiger partial charge is 0.240 e. The average molecular weight is 458 g/mol. The van der Waals surface area contributed by atoms with Crippen molar-refractivity contribution in [2.24, 2.45) is 5.92 Å². The molecule has 0 bridgehead atoms. The van der Waals surface area contributed by atoms with Crippen molar-refractivity contribution in [1.82, 2.24) is 4.72 Å². The molecule has 4 rings (SSSR count). The van der Waals surface area contributed by atoms with Gasteiger partial charge in [0.05, 0.1) is 28.9 Å². The number of aliphatic hydroxyl groups excluding tert-OH is 1. The molecule has 0 radical (unpaired) electrons. The Hall–Kier alpha value is -2.75. The van der Waals surface area contributed by atoms with Gasteiger partial charge in [-0.2, -0.15) is 0 Å². The van der Waals surface area contributed by atoms with Gasteiger partial charge in [-0.3, -0.25) is 9.59 Å². The van der Waals surface area contributed by atoms with Gasteiger partial charge in [-0.25, -0.2) is 13.1 Å². The predicted molar refractivity (Wildman–Crippen MR) is 122 cm³/mol. The lowest BCUT2D eigenvalue weighted by Gasteiger charge is -2.41. The molecule has 9 heteroatoms. The summed E-state index contributed by atoms with van der Waals surface area (Å²) in [6, 6.07) is 11.9. The summed E-state index contributed by atoms with van der Waals surface area (Å²) in [7, 11) is -3.69. The summed E-state index contributed by atoms with van der Waals surface area (Å²) in [5.74, 6) is 0.0725. The normalized spacial score (nSPS) is 18.4. The van der Waals surface area contributed by atoms with Crippen LogP contribution >= 0.6 is 0 Å². The molecule has 1 aliphatic carbocycles. The number of amides is 2. The minimum atomic E-state index is -3.69. The van der Waals surface area contributed by atoms with Crippen LogP contribution in [0.3, 0.4) is 0 Å². The zero-order chi connectivity index (χ0) is 23.0. The minimum Gasteiger partial charge on any atom is -0.395 e. The molecular formula is C23H27N3O5S. The molecule has 32 heavy (non-hydrogen) atoms. The van der Waals surface area contributed by atoms with E-state index in [0.29, 0.717) is 17.9 Å². The Bertz CT molecular complexity index is 1140. The van der Waals surface area contributed by atoms with Gasteiger partial charge in [0.1, 0.15) is 0 Å². The predicted octanol–water partition coefficient (Wildman–Crippen LogP) is 2.12. The molecule has 2 N–H and O–H groups in total. The molecule has 0 saturated heterocycles. The molecule has 1 fully saturated rings. The number of anilines is 2. The molecule has 2 amide bonds. The zero-order valence-electron chi connectivity index (χ0n) is 18.1. The fourth-order valence-electron chi connectivity index (χ4n) is 4.13. The van der Waals surface area contributed by atoms with Gasteiger partial charge in [-0.05, 0) is 55.2 Å². The Kier molecular flexibility index (Phi) is 6.07. The molecule has 2 aromatic rings. The first kappa shape index (κ1) is 22.4. The highest BCUT2D eigenvalue weighted by atomic mass is 32.2. The highest BCUT2D eigenvalue weighted by Gasteiger charge is 2.39. The fourth-order valence-corrected chi connectivity index (χ4v) is 5.15. The molecule has 8 nitrogen and oxygen atoms in total. The maximum atomic E-state index is 13.0. The van der Waals surface area contributed by atoms with Crippen LogP contribution in [0.15, 0.2) is 47.4 Å². The van der Waals surface area contributed by atoms with Gasteiger partial charge in [0.15, 0.2) is 0 Å². The highest BCUT2D eigenvalue weighted by molar-refractivity contribution is 7.89. The SMILES string of the molecule is CC(=O)N1c2ccc(-c3ccc(S(=O)(=O)NCCO)cc3)cc2N(C(=O)C2CC2)C[C@@H]1C. The first-order valence-corrected chi connectivity index (χ1v) is 12.2. The van der Waals surface area contributed by atoms with Gasteiger partial charge < -0.3 is 14.9 Å². The van der Waals surface area contributed by atoms with Crippen LogP contribution in [0.1, 0.15) is 26.7 Å². The van der Waals surface area contributed by atoms with E-state index in [0.717, 1.165) is 24.0 Å². The average Bonchev–Trinajstić information content (AvgIpc) is 3.61. The number of hydrogen-bond acceptors (Lipinski definition) is 5. The molecule has 2 aliphatic rings. The molecular weight excluding hydrogens is 430 g/mol. The monoisotopic (exact) mass is 457 g/mol. The van der Waals surface area contributed by atoms with Crippen LogP contribution < -0.4 is 14.5 Å². The molecule has 0 spiro atoms. The molecule has 1 atom stereocenters. The number of benzene rings is 2. The van der Waals surface area contributed by atoms with Crippen molar-refractivity contribution < 1.29 is 23.1 Å². The second kappa shape index (κ2) is 8.65. The molecule has 2 aromatic carbocycles. The summed E-state index contributed by atoms with van der Waals surface area (Å²) < 4.78 is 26.8. The number of rotatable bonds is 6. The third-order valence-electron chi connectivity index (χ3n) is 5.85. The number of carbonyl (C=O) groups excluding carboxylic acids is 2. The van der Waals surface area contributed by atoms with E-state index in [9.17, 15) is 18.0 Å². The van der Waals surface area contributed by atoms with Gasteiger partial charge >= 0.3 is 0 Å². The topological polar surface area (TPSA) is 107 Å². The largest absolute Gasteiger partial charge is 0.395 e. The summed E-state index contributed by atoms with van der Waals surface area (Å²) in [6.07, 6.45) is 1.80. The van der Waals surface area contributed by atoms with E-state index in [-0.39, 0.29) is 41.8 Å². The second-order valence-electron chi connectivity index (χ2n) is 8.31. The van der Waals surface area contributed by atoms with Crippen molar-refractivity contribution in [3.63, 3.8) is 0 Å². The second-order valence-corrected chi connectivity index (χ2v) is 10.1. The van der Waals surface area contributed by atoms with Crippen LogP contribution in [0, 0.1) is 5.92 Å². The number of nitrogens with zero attached hydrogens (tertiary/aromatic N) is 2. The summed E-state index contributed by atoms with van der Waals surface area (Å²) >= 11 is 0. The van der Waals surface area contributed by atoms with Crippen molar-refractivity contribution in [1.29, 1.82) is 0 Å². The maximum absolute atomic E-state index is 13.0. The summed E-state index contributed by atoms with van der Waals surface area (Å²) in [5.41, 5.74) is 3.03. The Morgan fingerprint density at radius 3 is 2.31 bits per heavy atom. The third-order valence-corrected chi connectivity index (χ3v) is 7.32. The Balaban J connectivity index is 1.70. The van der Waals surface area contributed by atoms with Gasteiger partial charge in [-0.15, -0.1) is 0 Å². The first-order valence-electron chi connectivity index (χ1n) is 10.7. The van der Waals surface area contributed by atoms with Crippen LogP contribution in [0.5, 0.6) is 0 Å². The van der Waals surface area contributed by atoms with Crippen molar-refractivity contribution in [3.05, 3.63) is 42.5 Å². The number of carbonyl (C=O) groups is 2. The highest BCUT2D eigenvalue weighted by Crippen LogP contribution is 2.42. The van der Waals surface area contributed by atoms with Crippen LogP contribution in [0.25, 0.3) is 11.1 Å². The molecule has 170 valence electrons. The van der Waals surface area contributed by atoms with E-state index >= 15 is 0 Å². The van der Waals surface area contributed by atoms with Crippen LogP contribution in [0.4, 0.5) is 11.4 Å². The van der Waals surface area contributed by atoms with Crippen molar-refractivity contribution in [2.45, 2.75) is 37.6 Å². The Morgan fingerprint density at radius 2 is 1.72 bits per heavy atom. The van der Waals surface area contributed by atoms with Crippen molar-refractivity contribution in [2.75, 3.05) is 29.5 Å². The van der Waals surface area contributed by atoms with Crippen LogP contribution in [0.2, 0.25) is 0 Å². The molecule has 0 unspecified atom stereocenters. The van der Waals surface area contributed by atoms with Crippen molar-refractivity contribution >= 4 is 33.2 Å². The lowest BCUT2D eigenvalue weighted by atomic mass is 10.00. The number of sulfonamides is 1. The molecule has 1 saturated carbocycles. The van der Waals surface area contributed by atoms with E-state index in [1.54, 1.807) is 21.9 Å². The number of nitrogens with one attached hydrogen (secondary N) is 1. The quantitative estimate of drug-likeness (QED) is 0.691. The van der Waals surface area contributed by atoms with E-state index in [2.05, 4.69) is 4.72 Å². The standard InChI is InChI=1S/C23H27N3O5S/c1-15-14-25(23(29)18-3-4-18)22-13-19(7-10-21(22)26(15)16(2)28)17-5-8-20(9-6-17)32(30,31)24-11-12-27/h5-10,13,15,18,24,27H,3-4,11-12,14H2,1-2H3/t15-/m0/s1. The first-order chi connectivity index (χ1) is 15.2. The molecule has 1 aliphatic heterocycles. The lowest BCUT2D eigenvalue weighted by Crippen LogP contribution is -2.51. The Labute approximate surface area is 187 Å². The minimum absolute atomic E-state index is 0.0508. The zero-order valence-corrected chi connectivity index (χ0v) is 18.9. The third kappa shape index (κ3) is 4.28. The number of hydrogen-bond donors (Lipinski definition) is 2. The van der Waals surface area contributed by atoms with Gasteiger partial charge in [-0.1, -0.05) is 18.2 Å². The summed E-state index contributed by atoms with van der Waals surface area (Å²) in [5, 5.41) is 8.85. The lowest BCUT2D eigenvalue weighted by molar-refractivity contribution is -0.120. The Morgan fingerprint density at radius 1 is 1.06 bits per heavy atom. The molecule has 0 aromatic heterocycles. The van der Waals surface area contributed by atoms with E-state index in [1.807, 2.05) is 25.1 Å². The van der Waals surface area contributed by atoms with Crippen LogP contribution in [-0.2, 0) is 19.6 Å². The summed E-state index contributed by atoms with van der Waals surface area (Å²) in [4.78, 5) is 28.9. The van der Waals surface area contributed by atoms with E-state index in [1.165, 1.54) is 19.1 Å². The van der Waals surface area contributed by atoms with Crippen LogP contribution in [-0.4, -0.2) is 51.1 Å². The van der Waals surface area contributed by atoms with Gasteiger partial charge in [0, 0.05) is 25.9 Å². The molecule has 1 heterocycles. The summed E-state index contributed by atoms with van der Waals surface area (Å²) in [6.45, 7) is 3.58. The van der Waals surface area contributed by atoms with E-state index in [4.69, 9.17) is 5.11 Å². The van der Waals surface area contributed by atoms with Crippen molar-refractivity contribution in [3.8, 4) is 11.1 Å².